The molecule has 0 N–H and O–H groups in total. The van der Waals surface area contributed by atoms with Gasteiger partial charge in [-0.2, -0.15) is 0 Å². The lowest BCUT2D eigenvalue weighted by atomic mass is 10.1. The summed E-state index contributed by atoms with van der Waals surface area (Å²) in [6, 6.07) is 10.7. The molecule has 0 aliphatic carbocycles. The van der Waals surface area contributed by atoms with Crippen LogP contribution in [0.2, 0.25) is 0 Å². The van der Waals surface area contributed by atoms with Gasteiger partial charge in [-0.05, 0) is 24.3 Å². The Morgan fingerprint density at radius 2 is 1.62 bits per heavy atom. The highest BCUT2D eigenvalue weighted by Crippen LogP contribution is 2.28. The van der Waals surface area contributed by atoms with Crippen molar-refractivity contribution in [1.82, 2.24) is 24.8 Å². The van der Waals surface area contributed by atoms with E-state index in [0.717, 1.165) is 61.9 Å². The topological polar surface area (TPSA) is 61.3 Å². The van der Waals surface area contributed by atoms with Crippen LogP contribution in [0.1, 0.15) is 0 Å². The molecule has 2 saturated heterocycles. The highest BCUT2D eigenvalue weighted by molar-refractivity contribution is 5.86. The smallest absolute Gasteiger partial charge is 0.164 e. The third-order valence-corrected chi connectivity index (χ3v) is 5.35. The van der Waals surface area contributed by atoms with Gasteiger partial charge in [-0.25, -0.2) is 19.9 Å². The lowest BCUT2D eigenvalue weighted by Gasteiger charge is -2.48. The molecule has 3 aromatic heterocycles. The SMILES string of the molecule is c1ccc(N2CCN(C3CN(c4ncnc5ncccc45)C3)CC2)nc1. The molecular formula is C19H21N7. The number of piperazine rings is 1. The monoisotopic (exact) mass is 347 g/mol. The van der Waals surface area contributed by atoms with E-state index in [1.807, 2.05) is 18.3 Å². The third kappa shape index (κ3) is 2.74. The number of fused-ring (bicyclic) bond motifs is 1. The Balaban J connectivity index is 1.21. The summed E-state index contributed by atoms with van der Waals surface area (Å²) in [6.07, 6.45) is 5.26. The summed E-state index contributed by atoms with van der Waals surface area (Å²) in [5, 5.41) is 1.04. The van der Waals surface area contributed by atoms with Crippen LogP contribution < -0.4 is 9.80 Å². The first-order valence-electron chi connectivity index (χ1n) is 9.09. The van der Waals surface area contributed by atoms with E-state index in [1.165, 1.54) is 0 Å². The molecule has 0 amide bonds. The van der Waals surface area contributed by atoms with Gasteiger partial charge in [-0.15, -0.1) is 0 Å². The van der Waals surface area contributed by atoms with Gasteiger partial charge in [0.15, 0.2) is 5.65 Å². The van der Waals surface area contributed by atoms with E-state index < -0.39 is 0 Å². The van der Waals surface area contributed by atoms with Crippen molar-refractivity contribution in [1.29, 1.82) is 0 Å². The Bertz CT molecular complexity index is 881. The Labute approximate surface area is 152 Å². The molecule has 5 heterocycles. The summed E-state index contributed by atoms with van der Waals surface area (Å²) in [6.45, 7) is 6.28. The second-order valence-electron chi connectivity index (χ2n) is 6.84. The second kappa shape index (κ2) is 6.49. The summed E-state index contributed by atoms with van der Waals surface area (Å²) in [7, 11) is 0. The minimum atomic E-state index is 0.600. The Morgan fingerprint density at radius 3 is 2.42 bits per heavy atom. The van der Waals surface area contributed by atoms with Gasteiger partial charge < -0.3 is 9.80 Å². The van der Waals surface area contributed by atoms with Crippen LogP contribution >= 0.6 is 0 Å². The maximum atomic E-state index is 4.50. The molecule has 132 valence electrons. The van der Waals surface area contributed by atoms with Crippen LogP contribution in [-0.2, 0) is 0 Å². The molecule has 2 fully saturated rings. The zero-order valence-corrected chi connectivity index (χ0v) is 14.6. The summed E-state index contributed by atoms with van der Waals surface area (Å²) < 4.78 is 0. The zero-order valence-electron chi connectivity index (χ0n) is 14.6. The van der Waals surface area contributed by atoms with E-state index >= 15 is 0 Å². The van der Waals surface area contributed by atoms with Crippen molar-refractivity contribution in [3.63, 3.8) is 0 Å². The third-order valence-electron chi connectivity index (χ3n) is 5.35. The molecule has 26 heavy (non-hydrogen) atoms. The summed E-state index contributed by atoms with van der Waals surface area (Å²) in [5.41, 5.74) is 0.768. The molecule has 0 aromatic carbocycles. The molecule has 0 atom stereocenters. The highest BCUT2D eigenvalue weighted by Gasteiger charge is 2.35. The van der Waals surface area contributed by atoms with E-state index in [2.05, 4.69) is 52.8 Å². The van der Waals surface area contributed by atoms with Crippen molar-refractivity contribution in [2.75, 3.05) is 49.1 Å². The predicted octanol–water partition coefficient (Wildman–Crippen LogP) is 1.43. The molecule has 7 nitrogen and oxygen atoms in total. The Hall–Kier alpha value is -2.80. The molecule has 5 rings (SSSR count). The van der Waals surface area contributed by atoms with Gasteiger partial charge in [0.25, 0.3) is 0 Å². The number of anilines is 2. The van der Waals surface area contributed by atoms with Crippen molar-refractivity contribution in [2.45, 2.75) is 6.04 Å². The molecule has 7 heteroatoms. The fraction of sp³-hybridized carbons (Fsp3) is 0.368. The molecule has 0 bridgehead atoms. The number of aromatic nitrogens is 4. The van der Waals surface area contributed by atoms with Gasteiger partial charge in [0, 0.05) is 57.7 Å². The van der Waals surface area contributed by atoms with Crippen molar-refractivity contribution in [3.8, 4) is 0 Å². The van der Waals surface area contributed by atoms with E-state index in [4.69, 9.17) is 0 Å². The van der Waals surface area contributed by atoms with E-state index in [0.29, 0.717) is 6.04 Å². The first-order valence-corrected chi connectivity index (χ1v) is 9.09. The first kappa shape index (κ1) is 15.5. The van der Waals surface area contributed by atoms with Crippen molar-refractivity contribution < 1.29 is 0 Å². The van der Waals surface area contributed by atoms with Gasteiger partial charge in [-0.1, -0.05) is 6.07 Å². The average Bonchev–Trinajstić information content (AvgIpc) is 2.68. The highest BCUT2D eigenvalue weighted by atomic mass is 15.4. The fourth-order valence-electron chi connectivity index (χ4n) is 3.85. The molecule has 0 saturated carbocycles. The number of pyridine rings is 2. The number of hydrogen-bond donors (Lipinski definition) is 0. The predicted molar refractivity (Wildman–Crippen MR) is 101 cm³/mol. The van der Waals surface area contributed by atoms with Crippen molar-refractivity contribution in [2.24, 2.45) is 0 Å². The minimum Gasteiger partial charge on any atom is -0.354 e. The lowest BCUT2D eigenvalue weighted by molar-refractivity contribution is 0.156. The summed E-state index contributed by atoms with van der Waals surface area (Å²) in [4.78, 5) is 24.9. The van der Waals surface area contributed by atoms with Crippen molar-refractivity contribution in [3.05, 3.63) is 49.1 Å². The molecule has 2 aliphatic rings. The lowest BCUT2D eigenvalue weighted by Crippen LogP contribution is -2.63. The second-order valence-corrected chi connectivity index (χ2v) is 6.84. The van der Waals surface area contributed by atoms with Gasteiger partial charge in [0.2, 0.25) is 0 Å². The van der Waals surface area contributed by atoms with Gasteiger partial charge in [-0.3, -0.25) is 4.90 Å². The van der Waals surface area contributed by atoms with Gasteiger partial charge in [0.1, 0.15) is 18.0 Å². The van der Waals surface area contributed by atoms with Crippen LogP contribution in [-0.4, -0.2) is 70.1 Å². The zero-order chi connectivity index (χ0) is 17.3. The molecule has 0 spiro atoms. The number of hydrogen-bond acceptors (Lipinski definition) is 7. The number of nitrogens with zero attached hydrogens (tertiary/aromatic N) is 7. The maximum absolute atomic E-state index is 4.50. The van der Waals surface area contributed by atoms with E-state index in [1.54, 1.807) is 12.5 Å². The first-order chi connectivity index (χ1) is 12.9. The number of rotatable bonds is 3. The Morgan fingerprint density at radius 1 is 0.769 bits per heavy atom. The largest absolute Gasteiger partial charge is 0.354 e. The van der Waals surface area contributed by atoms with Crippen LogP contribution in [0.25, 0.3) is 11.0 Å². The standard InChI is InChI=1S/C19H21N7/c1-2-6-20-17(5-1)25-10-8-24(9-11-25)15-12-26(13-15)19-16-4-3-7-21-18(16)22-14-23-19/h1-7,14-15H,8-13H2. The van der Waals surface area contributed by atoms with Crippen molar-refractivity contribution >= 4 is 22.7 Å². The van der Waals surface area contributed by atoms with Gasteiger partial charge >= 0.3 is 0 Å². The van der Waals surface area contributed by atoms with Crippen LogP contribution in [0.15, 0.2) is 49.1 Å². The molecular weight excluding hydrogens is 326 g/mol. The van der Waals surface area contributed by atoms with Crippen LogP contribution in [0, 0.1) is 0 Å². The Kier molecular flexibility index (Phi) is 3.86. The summed E-state index contributed by atoms with van der Waals surface area (Å²) >= 11 is 0. The molecule has 3 aromatic rings. The minimum absolute atomic E-state index is 0.600. The fourth-order valence-corrected chi connectivity index (χ4v) is 3.85. The molecule has 0 unspecified atom stereocenters. The maximum Gasteiger partial charge on any atom is 0.164 e. The summed E-state index contributed by atoms with van der Waals surface area (Å²) in [5.74, 6) is 2.09. The van der Waals surface area contributed by atoms with E-state index in [-0.39, 0.29) is 0 Å². The van der Waals surface area contributed by atoms with E-state index in [9.17, 15) is 0 Å². The molecule has 0 radical (unpaired) electrons. The van der Waals surface area contributed by atoms with Crippen LogP contribution in [0.3, 0.4) is 0 Å². The van der Waals surface area contributed by atoms with Crippen LogP contribution in [0.5, 0.6) is 0 Å². The molecule has 2 aliphatic heterocycles. The normalized spacial score (nSPS) is 18.9. The van der Waals surface area contributed by atoms with Crippen LogP contribution in [0.4, 0.5) is 11.6 Å². The quantitative estimate of drug-likeness (QED) is 0.710. The van der Waals surface area contributed by atoms with Gasteiger partial charge in [0.05, 0.1) is 5.39 Å². The average molecular weight is 347 g/mol.